The van der Waals surface area contributed by atoms with E-state index in [0.29, 0.717) is 36.6 Å². The number of esters is 1. The first-order valence-electron chi connectivity index (χ1n) is 10.7. The van der Waals surface area contributed by atoms with Crippen LogP contribution in [0.1, 0.15) is 83.1 Å². The largest absolute Gasteiger partial charge is 0.494 e. The summed E-state index contributed by atoms with van der Waals surface area (Å²) in [6.07, 6.45) is 4.26. The molecule has 2 aliphatic carbocycles. The van der Waals surface area contributed by atoms with E-state index in [9.17, 15) is 9.59 Å². The number of fused-ring (bicyclic) bond motifs is 1. The summed E-state index contributed by atoms with van der Waals surface area (Å²) < 4.78 is 11.3. The Hall–Kier alpha value is -2.56. The summed E-state index contributed by atoms with van der Waals surface area (Å²) in [5.74, 6) is 1.09. The fourth-order valence-corrected chi connectivity index (χ4v) is 4.76. The van der Waals surface area contributed by atoms with Crippen LogP contribution in [0.4, 0.5) is 0 Å². The van der Waals surface area contributed by atoms with Crippen molar-refractivity contribution < 1.29 is 19.1 Å². The molecule has 1 fully saturated rings. The molecule has 3 atom stereocenters. The van der Waals surface area contributed by atoms with Gasteiger partial charge in [-0.15, -0.1) is 0 Å². The van der Waals surface area contributed by atoms with E-state index in [1.165, 1.54) is 0 Å². The molecule has 5 nitrogen and oxygen atoms in total. The number of ether oxygens (including phenoxy) is 2. The van der Waals surface area contributed by atoms with Gasteiger partial charge in [-0.05, 0) is 74.6 Å². The van der Waals surface area contributed by atoms with Crippen LogP contribution in [-0.2, 0) is 11.2 Å². The highest BCUT2D eigenvalue weighted by atomic mass is 16.5. The van der Waals surface area contributed by atoms with Crippen molar-refractivity contribution >= 4 is 11.8 Å². The quantitative estimate of drug-likeness (QED) is 0.725. The molecule has 0 unspecified atom stereocenters. The van der Waals surface area contributed by atoms with Crippen molar-refractivity contribution in [1.82, 2.24) is 4.98 Å². The number of benzene rings is 1. The maximum absolute atomic E-state index is 12.9. The zero-order valence-electron chi connectivity index (χ0n) is 17.4. The summed E-state index contributed by atoms with van der Waals surface area (Å²) in [6, 6.07) is 7.95. The minimum Gasteiger partial charge on any atom is -0.494 e. The molecule has 0 saturated heterocycles. The lowest BCUT2D eigenvalue weighted by Gasteiger charge is -2.22. The molecule has 0 spiro atoms. The average molecular weight is 395 g/mol. The SMILES string of the molecule is CCOc1ccc([C@@H]2CC(=O)c3c([nH]c(C(=O)O[C@@H]4CCC[C@@H]4C)c3C)C2)cc1. The molecular formula is C24H29NO4. The van der Waals surface area contributed by atoms with Crippen LogP contribution in [0.3, 0.4) is 0 Å². The summed E-state index contributed by atoms with van der Waals surface area (Å²) in [7, 11) is 0. The maximum Gasteiger partial charge on any atom is 0.355 e. The van der Waals surface area contributed by atoms with Crippen LogP contribution in [0.2, 0.25) is 0 Å². The fraction of sp³-hybridized carbons (Fsp3) is 0.500. The molecule has 0 radical (unpaired) electrons. The van der Waals surface area contributed by atoms with E-state index < -0.39 is 0 Å². The van der Waals surface area contributed by atoms with Gasteiger partial charge in [0.15, 0.2) is 5.78 Å². The first-order valence-corrected chi connectivity index (χ1v) is 10.7. The fourth-order valence-electron chi connectivity index (χ4n) is 4.76. The molecule has 1 aromatic heterocycles. The number of carbonyl (C=O) groups is 2. The van der Waals surface area contributed by atoms with Crippen molar-refractivity contribution in [3.63, 3.8) is 0 Å². The predicted molar refractivity (Wildman–Crippen MR) is 111 cm³/mol. The molecule has 1 saturated carbocycles. The van der Waals surface area contributed by atoms with E-state index in [2.05, 4.69) is 11.9 Å². The second-order valence-electron chi connectivity index (χ2n) is 8.36. The molecule has 154 valence electrons. The van der Waals surface area contributed by atoms with E-state index in [-0.39, 0.29) is 23.8 Å². The zero-order valence-corrected chi connectivity index (χ0v) is 17.4. The van der Waals surface area contributed by atoms with Crippen LogP contribution in [0, 0.1) is 12.8 Å². The molecule has 1 N–H and O–H groups in total. The van der Waals surface area contributed by atoms with Gasteiger partial charge in [0.25, 0.3) is 0 Å². The summed E-state index contributed by atoms with van der Waals surface area (Å²) in [6.45, 7) is 6.56. The Morgan fingerprint density at radius 3 is 2.59 bits per heavy atom. The van der Waals surface area contributed by atoms with Crippen molar-refractivity contribution in [3.8, 4) is 5.75 Å². The second-order valence-corrected chi connectivity index (χ2v) is 8.36. The van der Waals surface area contributed by atoms with Crippen LogP contribution >= 0.6 is 0 Å². The van der Waals surface area contributed by atoms with Crippen molar-refractivity contribution in [1.29, 1.82) is 0 Å². The molecule has 2 aliphatic rings. The highest BCUT2D eigenvalue weighted by molar-refractivity contribution is 6.03. The Kier molecular flexibility index (Phi) is 5.48. The third-order valence-corrected chi connectivity index (χ3v) is 6.40. The van der Waals surface area contributed by atoms with Crippen LogP contribution in [0.15, 0.2) is 24.3 Å². The number of rotatable bonds is 5. The van der Waals surface area contributed by atoms with Gasteiger partial charge < -0.3 is 14.5 Å². The van der Waals surface area contributed by atoms with E-state index in [4.69, 9.17) is 9.47 Å². The number of aromatic nitrogens is 1. The third kappa shape index (κ3) is 3.83. The first-order chi connectivity index (χ1) is 14.0. The summed E-state index contributed by atoms with van der Waals surface area (Å²) >= 11 is 0. The van der Waals surface area contributed by atoms with E-state index in [1.807, 2.05) is 38.1 Å². The topological polar surface area (TPSA) is 68.4 Å². The molecule has 29 heavy (non-hydrogen) atoms. The van der Waals surface area contributed by atoms with Gasteiger partial charge >= 0.3 is 5.97 Å². The van der Waals surface area contributed by atoms with Crippen LogP contribution in [-0.4, -0.2) is 29.4 Å². The van der Waals surface area contributed by atoms with Crippen LogP contribution < -0.4 is 4.74 Å². The Balaban J connectivity index is 1.54. The number of ketones is 1. The van der Waals surface area contributed by atoms with Crippen LogP contribution in [0.25, 0.3) is 0 Å². The number of nitrogens with one attached hydrogen (secondary N) is 1. The van der Waals surface area contributed by atoms with Crippen molar-refractivity contribution in [2.45, 2.75) is 64.9 Å². The molecule has 1 heterocycles. The Morgan fingerprint density at radius 1 is 1.17 bits per heavy atom. The monoisotopic (exact) mass is 395 g/mol. The smallest absolute Gasteiger partial charge is 0.355 e. The number of H-pyrrole nitrogens is 1. The number of Topliss-reactive ketones (excluding diaryl/α,β-unsaturated/α-hetero) is 1. The Morgan fingerprint density at radius 2 is 1.93 bits per heavy atom. The number of carbonyl (C=O) groups excluding carboxylic acids is 2. The molecule has 5 heteroatoms. The van der Waals surface area contributed by atoms with Crippen molar-refractivity contribution in [2.24, 2.45) is 5.92 Å². The van der Waals surface area contributed by atoms with Gasteiger partial charge in [0.05, 0.1) is 6.61 Å². The lowest BCUT2D eigenvalue weighted by Crippen LogP contribution is -2.21. The Labute approximate surface area is 171 Å². The molecular weight excluding hydrogens is 366 g/mol. The van der Waals surface area contributed by atoms with Crippen LogP contribution in [0.5, 0.6) is 5.75 Å². The average Bonchev–Trinajstić information content (AvgIpc) is 3.26. The number of hydrogen-bond acceptors (Lipinski definition) is 4. The highest BCUT2D eigenvalue weighted by Crippen LogP contribution is 2.36. The Bertz CT molecular complexity index is 912. The number of aromatic amines is 1. The van der Waals surface area contributed by atoms with Gasteiger partial charge in [-0.3, -0.25) is 4.79 Å². The van der Waals surface area contributed by atoms with E-state index in [1.54, 1.807) is 0 Å². The van der Waals surface area contributed by atoms with Gasteiger partial charge in [-0.2, -0.15) is 0 Å². The van der Waals surface area contributed by atoms with Gasteiger partial charge in [-0.1, -0.05) is 19.1 Å². The van der Waals surface area contributed by atoms with Crippen molar-refractivity contribution in [3.05, 3.63) is 52.3 Å². The standard InChI is InChI=1S/C24H29NO4/c1-4-28-18-10-8-16(9-11-18)17-12-19-22(20(26)13-17)15(3)23(25-19)24(27)29-21-7-5-6-14(21)2/h8-11,14,17,21,25H,4-7,12-13H2,1-3H3/t14-,17-,21+/m0/s1. The van der Waals surface area contributed by atoms with E-state index >= 15 is 0 Å². The normalized spacial score (nSPS) is 23.7. The maximum atomic E-state index is 12.9. The molecule has 1 aromatic carbocycles. The summed E-state index contributed by atoms with van der Waals surface area (Å²) in [4.78, 5) is 28.9. The molecule has 2 aromatic rings. The predicted octanol–water partition coefficient (Wildman–Crippen LogP) is 4.98. The lowest BCUT2D eigenvalue weighted by atomic mass is 9.81. The number of hydrogen-bond donors (Lipinski definition) is 1. The first kappa shape index (κ1) is 19.7. The van der Waals surface area contributed by atoms with E-state index in [0.717, 1.165) is 41.8 Å². The second kappa shape index (κ2) is 8.05. The van der Waals surface area contributed by atoms with Gasteiger partial charge in [-0.25, -0.2) is 4.79 Å². The van der Waals surface area contributed by atoms with Crippen molar-refractivity contribution in [2.75, 3.05) is 6.61 Å². The highest BCUT2D eigenvalue weighted by Gasteiger charge is 2.34. The molecule has 0 amide bonds. The van der Waals surface area contributed by atoms with Gasteiger partial charge in [0, 0.05) is 17.7 Å². The zero-order chi connectivity index (χ0) is 20.5. The minimum atomic E-state index is -0.332. The minimum absolute atomic E-state index is 0.0190. The summed E-state index contributed by atoms with van der Waals surface area (Å²) in [5, 5.41) is 0. The molecule has 0 aliphatic heterocycles. The molecule has 4 rings (SSSR count). The van der Waals surface area contributed by atoms with Gasteiger partial charge in [0.1, 0.15) is 17.5 Å². The van der Waals surface area contributed by atoms with Gasteiger partial charge in [0.2, 0.25) is 0 Å². The third-order valence-electron chi connectivity index (χ3n) is 6.40. The lowest BCUT2D eigenvalue weighted by molar-refractivity contribution is 0.0219. The molecule has 0 bridgehead atoms. The summed E-state index contributed by atoms with van der Waals surface area (Å²) in [5.41, 5.74) is 3.81.